The molecule has 2 aromatic carbocycles. The molecule has 0 aromatic heterocycles. The zero-order valence-corrected chi connectivity index (χ0v) is 11.0. The van der Waals surface area contributed by atoms with E-state index < -0.39 is 9.85 Å². The first kappa shape index (κ1) is 13.7. The minimum atomic E-state index is -0.453. The summed E-state index contributed by atoms with van der Waals surface area (Å²) in [6, 6.07) is 9.47. The van der Waals surface area contributed by atoms with Gasteiger partial charge in [0.05, 0.1) is 9.85 Å². The van der Waals surface area contributed by atoms with E-state index in [1.54, 1.807) is 38.1 Å². The number of nitrogens with zero attached hydrogens (tertiary/aromatic N) is 2. The number of benzene rings is 2. The average Bonchev–Trinajstić information content (AvgIpc) is 2.39. The maximum Gasteiger partial charge on any atom is 0.272 e. The summed E-state index contributed by atoms with van der Waals surface area (Å²) in [5.41, 5.74) is 2.30. The fraction of sp³-hybridized carbons (Fsp3) is 0.143. The van der Waals surface area contributed by atoms with Crippen molar-refractivity contribution in [1.82, 2.24) is 0 Å². The van der Waals surface area contributed by atoms with Gasteiger partial charge in [0.25, 0.3) is 11.4 Å². The van der Waals surface area contributed by atoms with Gasteiger partial charge in [-0.05, 0) is 25.0 Å². The van der Waals surface area contributed by atoms with Crippen molar-refractivity contribution in [3.63, 3.8) is 0 Å². The van der Waals surface area contributed by atoms with Gasteiger partial charge in [0, 0.05) is 23.3 Å². The third-order valence-electron chi connectivity index (χ3n) is 3.29. The molecule has 0 heterocycles. The highest BCUT2D eigenvalue weighted by atomic mass is 16.6. The molecule has 0 radical (unpaired) electrons. The van der Waals surface area contributed by atoms with Crippen LogP contribution in [0.2, 0.25) is 0 Å². The van der Waals surface area contributed by atoms with E-state index in [-0.39, 0.29) is 11.4 Å². The highest BCUT2D eigenvalue weighted by Gasteiger charge is 2.19. The molecule has 2 rings (SSSR count). The molecular weight excluding hydrogens is 260 g/mol. The average molecular weight is 272 g/mol. The van der Waals surface area contributed by atoms with Gasteiger partial charge in [0.1, 0.15) is 0 Å². The van der Waals surface area contributed by atoms with Crippen LogP contribution in [0.1, 0.15) is 11.1 Å². The van der Waals surface area contributed by atoms with E-state index in [1.807, 2.05) is 0 Å². The highest BCUT2D eigenvalue weighted by molar-refractivity contribution is 5.76. The van der Waals surface area contributed by atoms with E-state index in [4.69, 9.17) is 0 Å². The van der Waals surface area contributed by atoms with Gasteiger partial charge in [0.15, 0.2) is 0 Å². The summed E-state index contributed by atoms with van der Waals surface area (Å²) in [7, 11) is 0. The van der Waals surface area contributed by atoms with Crippen LogP contribution in [0.25, 0.3) is 11.1 Å². The Morgan fingerprint density at radius 2 is 1.10 bits per heavy atom. The van der Waals surface area contributed by atoms with Gasteiger partial charge in [-0.3, -0.25) is 20.2 Å². The number of hydrogen-bond acceptors (Lipinski definition) is 4. The van der Waals surface area contributed by atoms with E-state index in [9.17, 15) is 20.2 Å². The Hall–Kier alpha value is -2.76. The second-order valence-corrected chi connectivity index (χ2v) is 4.41. The summed E-state index contributed by atoms with van der Waals surface area (Å²) in [4.78, 5) is 21.0. The molecule has 6 heteroatoms. The van der Waals surface area contributed by atoms with Crippen LogP contribution in [0, 0.1) is 34.1 Å². The molecule has 20 heavy (non-hydrogen) atoms. The summed E-state index contributed by atoms with van der Waals surface area (Å²) >= 11 is 0. The van der Waals surface area contributed by atoms with E-state index in [1.165, 1.54) is 12.1 Å². The third kappa shape index (κ3) is 2.23. The number of nitro benzene ring substituents is 2. The summed E-state index contributed by atoms with van der Waals surface area (Å²) in [5.74, 6) is 0. The minimum Gasteiger partial charge on any atom is -0.258 e. The molecule has 0 amide bonds. The minimum absolute atomic E-state index is 0.00778. The standard InChI is InChI=1S/C14H12N2O4/c1-9-11(5-3-7-13(9)15(17)18)12-6-4-8-14(10(12)2)16(19)20/h3-8H,1-2H3. The second kappa shape index (κ2) is 5.08. The van der Waals surface area contributed by atoms with Crippen LogP contribution in [-0.2, 0) is 0 Å². The molecule has 0 aliphatic carbocycles. The van der Waals surface area contributed by atoms with Crippen molar-refractivity contribution in [3.05, 3.63) is 67.8 Å². The Morgan fingerprint density at radius 1 is 0.750 bits per heavy atom. The van der Waals surface area contributed by atoms with Crippen molar-refractivity contribution in [2.45, 2.75) is 13.8 Å². The topological polar surface area (TPSA) is 86.3 Å². The first-order chi connectivity index (χ1) is 9.43. The van der Waals surface area contributed by atoms with Crippen molar-refractivity contribution in [1.29, 1.82) is 0 Å². The van der Waals surface area contributed by atoms with Gasteiger partial charge >= 0.3 is 0 Å². The van der Waals surface area contributed by atoms with E-state index in [2.05, 4.69) is 0 Å². The van der Waals surface area contributed by atoms with Gasteiger partial charge in [-0.2, -0.15) is 0 Å². The fourth-order valence-electron chi connectivity index (χ4n) is 2.23. The quantitative estimate of drug-likeness (QED) is 0.628. The Balaban J connectivity index is 2.70. The Labute approximate surface area is 115 Å². The Bertz CT molecular complexity index is 649. The van der Waals surface area contributed by atoms with E-state index in [0.29, 0.717) is 22.3 Å². The Morgan fingerprint density at radius 3 is 1.40 bits per heavy atom. The number of nitro groups is 2. The molecule has 6 nitrogen and oxygen atoms in total. The molecule has 0 bridgehead atoms. The maximum absolute atomic E-state index is 11.0. The number of rotatable bonds is 3. The van der Waals surface area contributed by atoms with Crippen molar-refractivity contribution in [2.75, 3.05) is 0 Å². The lowest BCUT2D eigenvalue weighted by Crippen LogP contribution is -1.97. The largest absolute Gasteiger partial charge is 0.272 e. The summed E-state index contributed by atoms with van der Waals surface area (Å²) in [6.07, 6.45) is 0. The van der Waals surface area contributed by atoms with Crippen molar-refractivity contribution < 1.29 is 9.85 Å². The van der Waals surface area contributed by atoms with Gasteiger partial charge in [-0.25, -0.2) is 0 Å². The molecule has 2 aromatic rings. The first-order valence-corrected chi connectivity index (χ1v) is 5.92. The molecule has 0 saturated heterocycles. The molecule has 0 fully saturated rings. The number of hydrogen-bond donors (Lipinski definition) is 0. The maximum atomic E-state index is 11.0. The molecule has 0 aliphatic heterocycles. The van der Waals surface area contributed by atoms with Crippen LogP contribution in [0.3, 0.4) is 0 Å². The third-order valence-corrected chi connectivity index (χ3v) is 3.29. The van der Waals surface area contributed by atoms with Crippen molar-refractivity contribution >= 4 is 11.4 Å². The SMILES string of the molecule is Cc1c(-c2cccc([N+](=O)[O-])c2C)cccc1[N+](=O)[O-]. The van der Waals surface area contributed by atoms with Crippen molar-refractivity contribution in [2.24, 2.45) is 0 Å². The monoisotopic (exact) mass is 272 g/mol. The lowest BCUT2D eigenvalue weighted by molar-refractivity contribution is -0.385. The summed E-state index contributed by atoms with van der Waals surface area (Å²) in [6.45, 7) is 3.29. The molecule has 0 saturated carbocycles. The first-order valence-electron chi connectivity index (χ1n) is 5.92. The molecule has 0 N–H and O–H groups in total. The predicted molar refractivity (Wildman–Crippen MR) is 74.7 cm³/mol. The molecule has 0 spiro atoms. The van der Waals surface area contributed by atoms with Crippen LogP contribution < -0.4 is 0 Å². The molecule has 0 aliphatic rings. The lowest BCUT2D eigenvalue weighted by Gasteiger charge is -2.09. The highest BCUT2D eigenvalue weighted by Crippen LogP contribution is 2.34. The van der Waals surface area contributed by atoms with Crippen LogP contribution in [0.4, 0.5) is 11.4 Å². The molecular formula is C14H12N2O4. The predicted octanol–water partition coefficient (Wildman–Crippen LogP) is 3.79. The van der Waals surface area contributed by atoms with E-state index >= 15 is 0 Å². The molecule has 0 unspecified atom stereocenters. The van der Waals surface area contributed by atoms with Crippen molar-refractivity contribution in [3.8, 4) is 11.1 Å². The smallest absolute Gasteiger partial charge is 0.258 e. The normalized spacial score (nSPS) is 10.3. The van der Waals surface area contributed by atoms with Crippen LogP contribution in [0.5, 0.6) is 0 Å². The van der Waals surface area contributed by atoms with E-state index in [0.717, 1.165) is 0 Å². The Kier molecular flexibility index (Phi) is 3.47. The zero-order valence-electron chi connectivity index (χ0n) is 11.0. The van der Waals surface area contributed by atoms with Crippen LogP contribution >= 0.6 is 0 Å². The second-order valence-electron chi connectivity index (χ2n) is 4.41. The summed E-state index contributed by atoms with van der Waals surface area (Å²) < 4.78 is 0. The lowest BCUT2D eigenvalue weighted by atomic mass is 9.95. The molecule has 0 atom stereocenters. The summed E-state index contributed by atoms with van der Waals surface area (Å²) in [5, 5.41) is 21.9. The fourth-order valence-corrected chi connectivity index (χ4v) is 2.23. The van der Waals surface area contributed by atoms with Gasteiger partial charge < -0.3 is 0 Å². The van der Waals surface area contributed by atoms with Gasteiger partial charge in [-0.15, -0.1) is 0 Å². The van der Waals surface area contributed by atoms with Crippen LogP contribution in [-0.4, -0.2) is 9.85 Å². The van der Waals surface area contributed by atoms with Gasteiger partial charge in [0.2, 0.25) is 0 Å². The molecule has 102 valence electrons. The van der Waals surface area contributed by atoms with Crippen LogP contribution in [0.15, 0.2) is 36.4 Å². The van der Waals surface area contributed by atoms with Gasteiger partial charge in [-0.1, -0.05) is 24.3 Å². The zero-order chi connectivity index (χ0) is 14.9.